The van der Waals surface area contributed by atoms with E-state index in [2.05, 4.69) is 4.84 Å². The van der Waals surface area contributed by atoms with E-state index in [1.54, 1.807) is 19.9 Å². The van der Waals surface area contributed by atoms with Gasteiger partial charge in [0.05, 0.1) is 12.2 Å². The summed E-state index contributed by atoms with van der Waals surface area (Å²) in [5.74, 6) is 3.25. The lowest BCUT2D eigenvalue weighted by Gasteiger charge is -2.60. The average Bonchev–Trinajstić information content (AvgIpc) is 3.14. The number of ether oxygens (including phenoxy) is 2. The lowest BCUT2D eigenvalue weighted by atomic mass is 9.46. The van der Waals surface area contributed by atoms with E-state index in [9.17, 15) is 15.0 Å². The van der Waals surface area contributed by atoms with Gasteiger partial charge in [-0.2, -0.15) is 5.90 Å². The van der Waals surface area contributed by atoms with E-state index >= 15 is 4.39 Å². The first-order valence-corrected chi connectivity index (χ1v) is 11.7. The Bertz CT molecular complexity index is 961. The summed E-state index contributed by atoms with van der Waals surface area (Å²) >= 11 is 0. The molecule has 1 saturated heterocycles. The number of rotatable bonds is 3. The van der Waals surface area contributed by atoms with Gasteiger partial charge in [-0.15, -0.1) is 0 Å². The minimum Gasteiger partial charge on any atom is -0.419 e. The molecule has 0 aromatic carbocycles. The zero-order chi connectivity index (χ0) is 24.0. The number of hydrogen-bond acceptors (Lipinski definition) is 7. The predicted molar refractivity (Wildman–Crippen MR) is 117 cm³/mol. The molecule has 4 fully saturated rings. The maximum Gasteiger partial charge on any atom is 0.193 e. The third kappa shape index (κ3) is 2.88. The van der Waals surface area contributed by atoms with Gasteiger partial charge < -0.3 is 24.5 Å². The van der Waals surface area contributed by atoms with Gasteiger partial charge >= 0.3 is 0 Å². The molecule has 4 aliphatic carbocycles. The second-order valence-electron chi connectivity index (χ2n) is 11.3. The van der Waals surface area contributed by atoms with Gasteiger partial charge in [-0.3, -0.25) is 4.79 Å². The van der Waals surface area contributed by atoms with Crippen LogP contribution in [-0.2, 0) is 19.1 Å². The van der Waals surface area contributed by atoms with E-state index in [1.807, 2.05) is 26.0 Å². The highest BCUT2D eigenvalue weighted by Gasteiger charge is 2.77. The molecule has 1 heterocycles. The number of nitrogens with two attached hydrogens (primary N) is 1. The molecule has 0 unspecified atom stereocenters. The summed E-state index contributed by atoms with van der Waals surface area (Å²) in [6, 6.07) is 0. The predicted octanol–water partition coefficient (Wildman–Crippen LogP) is 2.48. The first kappa shape index (κ1) is 23.2. The van der Waals surface area contributed by atoms with Crippen LogP contribution in [0.5, 0.6) is 0 Å². The Labute approximate surface area is 193 Å². The van der Waals surface area contributed by atoms with Crippen LogP contribution in [0.15, 0.2) is 35.6 Å². The number of carbonyl (C=O) groups excluding carboxylic acids is 1. The largest absolute Gasteiger partial charge is 0.419 e. The van der Waals surface area contributed by atoms with E-state index < -0.39 is 53.0 Å². The second kappa shape index (κ2) is 7.21. The van der Waals surface area contributed by atoms with Crippen molar-refractivity contribution in [1.82, 2.24) is 0 Å². The molecule has 0 aromatic rings. The molecule has 7 nitrogen and oxygen atoms in total. The van der Waals surface area contributed by atoms with Crippen molar-refractivity contribution in [1.29, 1.82) is 0 Å². The molecule has 0 aromatic heterocycles. The smallest absolute Gasteiger partial charge is 0.193 e. The molecule has 33 heavy (non-hydrogen) atoms. The van der Waals surface area contributed by atoms with E-state index in [0.29, 0.717) is 24.0 Å². The fourth-order valence-corrected chi connectivity index (χ4v) is 8.24. The highest BCUT2D eigenvalue weighted by atomic mass is 19.1. The van der Waals surface area contributed by atoms with Gasteiger partial charge in [-0.1, -0.05) is 26.0 Å². The van der Waals surface area contributed by atoms with E-state index in [0.717, 1.165) is 0 Å². The Balaban J connectivity index is 1.59. The maximum absolute atomic E-state index is 15.7. The van der Waals surface area contributed by atoms with Crippen molar-refractivity contribution in [2.24, 2.45) is 34.5 Å². The van der Waals surface area contributed by atoms with Gasteiger partial charge in [0, 0.05) is 22.3 Å². The van der Waals surface area contributed by atoms with Crippen molar-refractivity contribution in [3.63, 3.8) is 0 Å². The number of hydrogen-bond donors (Lipinski definition) is 3. The standard InChI is InChI=1S/C25H34FNO6/c1-22(2)32-20-9-15-14-8-17(26)16-7-13(12-31-27)5-6-23(16,3)21(14)18(29)10-24(15,4)25(20,33-22)19(30)11-28/h5-7,12,14-15,17-18,20-21,28-29H,8-11,27H2,1-4H3/b13-12+/t14-,15-,17-,18-,20+,21+,23-,24-,25+/m0/s1. The number of aliphatic hydroxyl groups is 2. The van der Waals surface area contributed by atoms with Crippen molar-refractivity contribution in [2.45, 2.75) is 76.7 Å². The van der Waals surface area contributed by atoms with Crippen LogP contribution in [0.2, 0.25) is 0 Å². The quantitative estimate of drug-likeness (QED) is 0.436. The third-order valence-electron chi connectivity index (χ3n) is 9.28. The van der Waals surface area contributed by atoms with Crippen LogP contribution in [0.3, 0.4) is 0 Å². The van der Waals surface area contributed by atoms with E-state index in [4.69, 9.17) is 15.4 Å². The van der Waals surface area contributed by atoms with Crippen LogP contribution in [0.25, 0.3) is 0 Å². The average molecular weight is 464 g/mol. The lowest BCUT2D eigenvalue weighted by Crippen LogP contribution is -2.64. The number of fused-ring (bicyclic) bond motifs is 7. The molecule has 5 rings (SSSR count). The summed E-state index contributed by atoms with van der Waals surface area (Å²) in [4.78, 5) is 17.8. The molecular weight excluding hydrogens is 429 g/mol. The highest BCUT2D eigenvalue weighted by molar-refractivity contribution is 5.91. The number of carbonyl (C=O) groups is 1. The zero-order valence-corrected chi connectivity index (χ0v) is 19.6. The molecule has 3 saturated carbocycles. The molecule has 1 aliphatic heterocycles. The maximum atomic E-state index is 15.7. The number of alkyl halides is 1. The fraction of sp³-hybridized carbons (Fsp3) is 0.720. The normalized spacial score (nSPS) is 50.8. The van der Waals surface area contributed by atoms with Crippen LogP contribution in [0.1, 0.15) is 47.0 Å². The Morgan fingerprint density at radius 1 is 1.33 bits per heavy atom. The number of halogens is 1. The van der Waals surface area contributed by atoms with Gasteiger partial charge in [0.25, 0.3) is 0 Å². The molecule has 9 atom stereocenters. The van der Waals surface area contributed by atoms with Crippen LogP contribution in [0, 0.1) is 28.6 Å². The van der Waals surface area contributed by atoms with Gasteiger partial charge in [-0.05, 0) is 56.6 Å². The molecule has 5 aliphatic rings. The van der Waals surface area contributed by atoms with Crippen molar-refractivity contribution >= 4 is 5.78 Å². The van der Waals surface area contributed by atoms with Gasteiger partial charge in [-0.25, -0.2) is 4.39 Å². The summed E-state index contributed by atoms with van der Waals surface area (Å²) < 4.78 is 28.2. The van der Waals surface area contributed by atoms with Gasteiger partial charge in [0.1, 0.15) is 19.0 Å². The number of Topliss-reactive ketones (excluding diaryl/α,β-unsaturated/α-hetero) is 1. The summed E-state index contributed by atoms with van der Waals surface area (Å²) in [5.41, 5.74) is -1.54. The zero-order valence-electron chi connectivity index (χ0n) is 19.6. The van der Waals surface area contributed by atoms with E-state index in [-0.39, 0.29) is 24.2 Å². The topological polar surface area (TPSA) is 111 Å². The second-order valence-corrected chi connectivity index (χ2v) is 11.3. The SMILES string of the molecule is CC1(C)O[C@@H]2C[C@H]3[C@@H]4C[C@H](F)C5=C/C(=C/ON)C=C[C@]5(C)[C@H]4[C@@H](O)C[C@]3(C)[C@]2(C(=O)CO)O1. The number of allylic oxidation sites excluding steroid dienone is 5. The minimum atomic E-state index is -1.36. The van der Waals surface area contributed by atoms with Gasteiger partial charge in [0.15, 0.2) is 17.2 Å². The molecule has 0 amide bonds. The molecule has 0 spiro atoms. The van der Waals surface area contributed by atoms with Gasteiger partial charge in [0.2, 0.25) is 0 Å². The Morgan fingerprint density at radius 3 is 2.73 bits per heavy atom. The first-order chi connectivity index (χ1) is 15.4. The van der Waals surface area contributed by atoms with Crippen molar-refractivity contribution in [2.75, 3.05) is 6.61 Å². The van der Waals surface area contributed by atoms with Crippen molar-refractivity contribution in [3.8, 4) is 0 Å². The summed E-state index contributed by atoms with van der Waals surface area (Å²) in [5, 5.41) is 21.5. The van der Waals surface area contributed by atoms with Crippen LogP contribution in [0.4, 0.5) is 4.39 Å². The van der Waals surface area contributed by atoms with Crippen molar-refractivity contribution < 1.29 is 33.7 Å². The van der Waals surface area contributed by atoms with E-state index in [1.165, 1.54) is 6.26 Å². The Morgan fingerprint density at radius 2 is 2.06 bits per heavy atom. The van der Waals surface area contributed by atoms with Crippen LogP contribution >= 0.6 is 0 Å². The van der Waals surface area contributed by atoms with Crippen LogP contribution < -0.4 is 5.90 Å². The fourth-order valence-electron chi connectivity index (χ4n) is 8.24. The Hall–Kier alpha value is -1.58. The summed E-state index contributed by atoms with van der Waals surface area (Å²) in [6.45, 7) is 6.78. The highest BCUT2D eigenvalue weighted by Crippen LogP contribution is 2.70. The third-order valence-corrected chi connectivity index (χ3v) is 9.28. The molecule has 8 heteroatoms. The lowest BCUT2D eigenvalue weighted by molar-refractivity contribution is -0.226. The Kier molecular flexibility index (Phi) is 5.07. The minimum absolute atomic E-state index is 0.100. The first-order valence-electron chi connectivity index (χ1n) is 11.7. The molecule has 4 N–H and O–H groups in total. The molecular formula is C25H34FNO6. The molecule has 182 valence electrons. The number of aliphatic hydroxyl groups excluding tert-OH is 2. The monoisotopic (exact) mass is 463 g/mol. The molecule has 0 bridgehead atoms. The van der Waals surface area contributed by atoms with Crippen molar-refractivity contribution in [3.05, 3.63) is 35.6 Å². The summed E-state index contributed by atoms with van der Waals surface area (Å²) in [6.07, 6.45) is 5.47. The van der Waals surface area contributed by atoms with Crippen LogP contribution in [-0.4, -0.2) is 52.4 Å². The molecule has 0 radical (unpaired) electrons. The number of ketones is 1. The summed E-state index contributed by atoms with van der Waals surface area (Å²) in [7, 11) is 0.